The predicted octanol–water partition coefficient (Wildman–Crippen LogP) is 3.27. The molecule has 1 aromatic rings. The number of anilines is 1. The molecule has 0 aromatic heterocycles. The smallest absolute Gasteiger partial charge is 0.303 e. The Morgan fingerprint density at radius 2 is 2.07 bits per heavy atom. The summed E-state index contributed by atoms with van der Waals surface area (Å²) in [6.45, 7) is 0.601. The Kier molecular flexibility index (Phi) is 4.72. The lowest BCUT2D eigenvalue weighted by Crippen LogP contribution is -2.04. The van der Waals surface area contributed by atoms with E-state index in [4.69, 9.17) is 28.3 Å². The number of hydrogen-bond acceptors (Lipinski definition) is 2. The summed E-state index contributed by atoms with van der Waals surface area (Å²) < 4.78 is 0. The van der Waals surface area contributed by atoms with Crippen LogP contribution >= 0.6 is 23.2 Å². The van der Waals surface area contributed by atoms with E-state index in [-0.39, 0.29) is 6.42 Å². The van der Waals surface area contributed by atoms with Gasteiger partial charge >= 0.3 is 5.97 Å². The zero-order valence-electron chi connectivity index (χ0n) is 7.96. The summed E-state index contributed by atoms with van der Waals surface area (Å²) >= 11 is 11.6. The van der Waals surface area contributed by atoms with Gasteiger partial charge < -0.3 is 10.4 Å². The van der Waals surface area contributed by atoms with Crippen molar-refractivity contribution in [1.29, 1.82) is 0 Å². The van der Waals surface area contributed by atoms with Gasteiger partial charge in [0.25, 0.3) is 0 Å². The SMILES string of the molecule is O=C(O)CCCNc1ccc(Cl)c(Cl)c1. The molecule has 0 saturated carbocycles. The maximum Gasteiger partial charge on any atom is 0.303 e. The van der Waals surface area contributed by atoms with Crippen molar-refractivity contribution in [1.82, 2.24) is 0 Å². The minimum absolute atomic E-state index is 0.161. The topological polar surface area (TPSA) is 49.3 Å². The van der Waals surface area contributed by atoms with Gasteiger partial charge in [0.05, 0.1) is 10.0 Å². The first-order chi connectivity index (χ1) is 7.09. The number of carbonyl (C=O) groups is 1. The van der Waals surface area contributed by atoms with E-state index in [1.54, 1.807) is 18.2 Å². The standard InChI is InChI=1S/C10H11Cl2NO2/c11-8-4-3-7(6-9(8)12)13-5-1-2-10(14)15/h3-4,6,13H,1-2,5H2,(H,14,15). The Bertz CT molecular complexity index is 355. The van der Waals surface area contributed by atoms with Gasteiger partial charge in [-0.05, 0) is 24.6 Å². The fourth-order valence-electron chi connectivity index (χ4n) is 1.08. The molecular weight excluding hydrogens is 237 g/mol. The molecule has 0 heterocycles. The number of rotatable bonds is 5. The van der Waals surface area contributed by atoms with Crippen molar-refractivity contribution in [2.45, 2.75) is 12.8 Å². The number of hydrogen-bond donors (Lipinski definition) is 2. The number of benzene rings is 1. The van der Waals surface area contributed by atoms with E-state index < -0.39 is 5.97 Å². The Balaban J connectivity index is 2.38. The van der Waals surface area contributed by atoms with Gasteiger partial charge in [-0.15, -0.1) is 0 Å². The predicted molar refractivity (Wildman–Crippen MR) is 61.8 cm³/mol. The van der Waals surface area contributed by atoms with E-state index in [1.807, 2.05) is 0 Å². The highest BCUT2D eigenvalue weighted by molar-refractivity contribution is 6.42. The van der Waals surface area contributed by atoms with Crippen LogP contribution in [0.15, 0.2) is 18.2 Å². The van der Waals surface area contributed by atoms with E-state index >= 15 is 0 Å². The summed E-state index contributed by atoms with van der Waals surface area (Å²) in [6, 6.07) is 5.21. The zero-order valence-corrected chi connectivity index (χ0v) is 9.48. The summed E-state index contributed by atoms with van der Waals surface area (Å²) in [5, 5.41) is 12.5. The van der Waals surface area contributed by atoms with Gasteiger partial charge in [0.1, 0.15) is 0 Å². The van der Waals surface area contributed by atoms with E-state index in [1.165, 1.54) is 0 Å². The second kappa shape index (κ2) is 5.83. The molecule has 3 nitrogen and oxygen atoms in total. The molecule has 0 spiro atoms. The van der Waals surface area contributed by atoms with Gasteiger partial charge in [-0.1, -0.05) is 23.2 Å². The van der Waals surface area contributed by atoms with Crippen molar-refractivity contribution in [2.24, 2.45) is 0 Å². The van der Waals surface area contributed by atoms with Crippen LogP contribution in [0.2, 0.25) is 10.0 Å². The largest absolute Gasteiger partial charge is 0.481 e. The first kappa shape index (κ1) is 12.1. The summed E-state index contributed by atoms with van der Waals surface area (Å²) in [5.41, 5.74) is 0.842. The van der Waals surface area contributed by atoms with Crippen molar-refractivity contribution in [3.63, 3.8) is 0 Å². The highest BCUT2D eigenvalue weighted by atomic mass is 35.5. The monoisotopic (exact) mass is 247 g/mol. The summed E-state index contributed by atoms with van der Waals surface area (Å²) in [5.74, 6) is -0.786. The average Bonchev–Trinajstić information content (AvgIpc) is 2.18. The molecule has 0 aliphatic heterocycles. The maximum absolute atomic E-state index is 10.2. The van der Waals surface area contributed by atoms with Gasteiger partial charge in [-0.3, -0.25) is 4.79 Å². The van der Waals surface area contributed by atoms with Crippen LogP contribution in [0, 0.1) is 0 Å². The van der Waals surface area contributed by atoms with Crippen LogP contribution in [0.4, 0.5) is 5.69 Å². The minimum atomic E-state index is -0.786. The minimum Gasteiger partial charge on any atom is -0.481 e. The van der Waals surface area contributed by atoms with Gasteiger partial charge in [-0.25, -0.2) is 0 Å². The Hall–Kier alpha value is -0.930. The molecular formula is C10H11Cl2NO2. The van der Waals surface area contributed by atoms with E-state index in [0.717, 1.165) is 5.69 Å². The normalized spacial score (nSPS) is 10.0. The molecule has 0 unspecified atom stereocenters. The Labute approximate surface area is 98.0 Å². The maximum atomic E-state index is 10.2. The quantitative estimate of drug-likeness (QED) is 0.786. The van der Waals surface area contributed by atoms with Gasteiger partial charge in [0, 0.05) is 18.7 Å². The third-order valence-corrected chi connectivity index (χ3v) is 2.56. The summed E-state index contributed by atoms with van der Waals surface area (Å²) in [6.07, 6.45) is 0.740. The Morgan fingerprint density at radius 1 is 1.33 bits per heavy atom. The number of aliphatic carboxylic acids is 1. The van der Waals surface area contributed by atoms with Crippen LogP contribution in [0.25, 0.3) is 0 Å². The molecule has 0 atom stereocenters. The number of carboxylic acids is 1. The van der Waals surface area contributed by atoms with E-state index in [2.05, 4.69) is 5.32 Å². The first-order valence-electron chi connectivity index (χ1n) is 4.50. The summed E-state index contributed by atoms with van der Waals surface area (Å²) in [4.78, 5) is 10.2. The molecule has 0 fully saturated rings. The van der Waals surface area contributed by atoms with Crippen molar-refractivity contribution in [3.05, 3.63) is 28.2 Å². The van der Waals surface area contributed by atoms with Crippen LogP contribution < -0.4 is 5.32 Å². The molecule has 1 aromatic carbocycles. The van der Waals surface area contributed by atoms with E-state index in [0.29, 0.717) is 23.0 Å². The van der Waals surface area contributed by atoms with E-state index in [9.17, 15) is 4.79 Å². The van der Waals surface area contributed by atoms with Crippen LogP contribution in [0.1, 0.15) is 12.8 Å². The lowest BCUT2D eigenvalue weighted by Gasteiger charge is -2.06. The number of halogens is 2. The molecule has 5 heteroatoms. The molecule has 0 saturated heterocycles. The fraction of sp³-hybridized carbons (Fsp3) is 0.300. The van der Waals surface area contributed by atoms with Crippen molar-refractivity contribution >= 4 is 34.9 Å². The van der Waals surface area contributed by atoms with Crippen LogP contribution in [-0.2, 0) is 4.79 Å². The Morgan fingerprint density at radius 3 is 2.67 bits per heavy atom. The van der Waals surface area contributed by atoms with Gasteiger partial charge in [-0.2, -0.15) is 0 Å². The summed E-state index contributed by atoms with van der Waals surface area (Å²) in [7, 11) is 0. The van der Waals surface area contributed by atoms with Gasteiger partial charge in [0.2, 0.25) is 0 Å². The molecule has 0 bridgehead atoms. The molecule has 0 aliphatic rings. The zero-order chi connectivity index (χ0) is 11.3. The molecule has 0 aliphatic carbocycles. The molecule has 2 N–H and O–H groups in total. The third kappa shape index (κ3) is 4.40. The van der Waals surface area contributed by atoms with Gasteiger partial charge in [0.15, 0.2) is 0 Å². The van der Waals surface area contributed by atoms with Crippen LogP contribution in [-0.4, -0.2) is 17.6 Å². The van der Waals surface area contributed by atoms with Crippen molar-refractivity contribution in [3.8, 4) is 0 Å². The molecule has 1 rings (SSSR count). The highest BCUT2D eigenvalue weighted by Crippen LogP contribution is 2.24. The first-order valence-corrected chi connectivity index (χ1v) is 5.26. The van der Waals surface area contributed by atoms with Crippen molar-refractivity contribution in [2.75, 3.05) is 11.9 Å². The molecule has 0 amide bonds. The lowest BCUT2D eigenvalue weighted by atomic mass is 10.3. The second-order valence-corrected chi connectivity index (χ2v) is 3.87. The lowest BCUT2D eigenvalue weighted by molar-refractivity contribution is -0.137. The molecule has 15 heavy (non-hydrogen) atoms. The fourth-order valence-corrected chi connectivity index (χ4v) is 1.38. The average molecular weight is 248 g/mol. The highest BCUT2D eigenvalue weighted by Gasteiger charge is 1.99. The molecule has 82 valence electrons. The van der Waals surface area contributed by atoms with Crippen LogP contribution in [0.5, 0.6) is 0 Å². The van der Waals surface area contributed by atoms with Crippen LogP contribution in [0.3, 0.4) is 0 Å². The second-order valence-electron chi connectivity index (χ2n) is 3.05. The molecule has 0 radical (unpaired) electrons. The third-order valence-electron chi connectivity index (χ3n) is 1.82. The number of nitrogens with one attached hydrogen (secondary N) is 1. The van der Waals surface area contributed by atoms with Crippen molar-refractivity contribution < 1.29 is 9.90 Å². The number of carboxylic acid groups (broad SMARTS) is 1.